The second-order valence-electron chi connectivity index (χ2n) is 3.71. The van der Waals surface area contributed by atoms with Gasteiger partial charge in [0.05, 0.1) is 0 Å². The SMILES string of the molecule is CC(NC(=O)OC(C)(C)C)C(=O)O.O. The minimum Gasteiger partial charge on any atom is -0.480 e. The lowest BCUT2D eigenvalue weighted by molar-refractivity contribution is -0.139. The van der Waals surface area contributed by atoms with Crippen LogP contribution in [0.2, 0.25) is 0 Å². The molecule has 0 saturated heterocycles. The van der Waals surface area contributed by atoms with Crippen molar-refractivity contribution in [3.63, 3.8) is 0 Å². The third kappa shape index (κ3) is 7.35. The number of carboxylic acid groups (broad SMARTS) is 1. The average molecular weight is 207 g/mol. The van der Waals surface area contributed by atoms with E-state index in [9.17, 15) is 9.59 Å². The fourth-order valence-corrected chi connectivity index (χ4v) is 0.546. The molecule has 0 aliphatic heterocycles. The third-order valence-corrected chi connectivity index (χ3v) is 1.10. The molecule has 0 aliphatic rings. The monoisotopic (exact) mass is 207 g/mol. The Morgan fingerprint density at radius 1 is 1.36 bits per heavy atom. The number of carbonyl (C=O) groups excluding carboxylic acids is 1. The van der Waals surface area contributed by atoms with Crippen LogP contribution in [0.4, 0.5) is 4.79 Å². The van der Waals surface area contributed by atoms with Crippen molar-refractivity contribution < 1.29 is 24.9 Å². The summed E-state index contributed by atoms with van der Waals surface area (Å²) in [6.07, 6.45) is -0.720. The molecule has 0 radical (unpaired) electrons. The summed E-state index contributed by atoms with van der Waals surface area (Å²) in [6.45, 7) is 6.49. The summed E-state index contributed by atoms with van der Waals surface area (Å²) >= 11 is 0. The minimum absolute atomic E-state index is 0. The van der Waals surface area contributed by atoms with Crippen LogP contribution in [0.25, 0.3) is 0 Å². The van der Waals surface area contributed by atoms with Gasteiger partial charge in [-0.1, -0.05) is 0 Å². The van der Waals surface area contributed by atoms with Crippen molar-refractivity contribution in [2.24, 2.45) is 0 Å². The van der Waals surface area contributed by atoms with Crippen LogP contribution in [0, 0.1) is 0 Å². The number of carbonyl (C=O) groups is 2. The van der Waals surface area contributed by atoms with Crippen LogP contribution in [-0.2, 0) is 9.53 Å². The van der Waals surface area contributed by atoms with E-state index < -0.39 is 23.7 Å². The summed E-state index contributed by atoms with van der Waals surface area (Å²) in [5, 5.41) is 10.6. The molecule has 0 saturated carbocycles. The molecule has 84 valence electrons. The van der Waals surface area contributed by atoms with Gasteiger partial charge < -0.3 is 20.6 Å². The van der Waals surface area contributed by atoms with E-state index in [2.05, 4.69) is 5.32 Å². The molecule has 6 heteroatoms. The number of aliphatic carboxylic acids is 1. The number of hydrogen-bond donors (Lipinski definition) is 2. The molecule has 14 heavy (non-hydrogen) atoms. The smallest absolute Gasteiger partial charge is 0.408 e. The second kappa shape index (κ2) is 5.43. The first-order valence-electron chi connectivity index (χ1n) is 3.94. The van der Waals surface area contributed by atoms with Crippen molar-refractivity contribution in [2.45, 2.75) is 39.3 Å². The zero-order valence-electron chi connectivity index (χ0n) is 8.75. The van der Waals surface area contributed by atoms with Crippen molar-refractivity contribution in [1.29, 1.82) is 0 Å². The van der Waals surface area contributed by atoms with Gasteiger partial charge in [0.15, 0.2) is 0 Å². The Hall–Kier alpha value is -1.30. The molecule has 1 amide bonds. The van der Waals surface area contributed by atoms with Gasteiger partial charge in [-0.25, -0.2) is 4.79 Å². The number of hydrogen-bond acceptors (Lipinski definition) is 3. The summed E-state index contributed by atoms with van der Waals surface area (Å²) in [5.74, 6) is -1.09. The number of rotatable bonds is 2. The molecule has 1 atom stereocenters. The largest absolute Gasteiger partial charge is 0.480 e. The van der Waals surface area contributed by atoms with Crippen LogP contribution >= 0.6 is 0 Å². The van der Waals surface area contributed by atoms with Crippen LogP contribution in [0.5, 0.6) is 0 Å². The summed E-state index contributed by atoms with van der Waals surface area (Å²) < 4.78 is 4.85. The minimum atomic E-state index is -1.09. The summed E-state index contributed by atoms with van der Waals surface area (Å²) in [6, 6.07) is -0.935. The molecule has 6 nitrogen and oxygen atoms in total. The average Bonchev–Trinajstić information content (AvgIpc) is 1.81. The molecule has 0 fully saturated rings. The van der Waals surface area contributed by atoms with Gasteiger partial charge in [0.2, 0.25) is 0 Å². The number of ether oxygens (including phenoxy) is 1. The van der Waals surface area contributed by atoms with E-state index in [4.69, 9.17) is 9.84 Å². The van der Waals surface area contributed by atoms with Crippen LogP contribution in [0.15, 0.2) is 0 Å². The Bertz CT molecular complexity index is 208. The molecule has 0 spiro atoms. The lowest BCUT2D eigenvalue weighted by atomic mass is 10.2. The van der Waals surface area contributed by atoms with Crippen LogP contribution in [-0.4, -0.2) is 34.3 Å². The fourth-order valence-electron chi connectivity index (χ4n) is 0.546. The molecule has 0 bridgehead atoms. The van der Waals surface area contributed by atoms with Crippen LogP contribution < -0.4 is 5.32 Å². The van der Waals surface area contributed by atoms with Gasteiger partial charge in [-0.15, -0.1) is 0 Å². The molecule has 0 aliphatic carbocycles. The van der Waals surface area contributed by atoms with Gasteiger partial charge in [-0.05, 0) is 27.7 Å². The van der Waals surface area contributed by atoms with Crippen LogP contribution in [0.1, 0.15) is 27.7 Å². The Morgan fingerprint density at radius 2 is 1.79 bits per heavy atom. The first-order chi connectivity index (χ1) is 5.72. The number of alkyl carbamates (subject to hydrolysis) is 1. The number of amides is 1. The van der Waals surface area contributed by atoms with E-state index in [1.807, 2.05) is 0 Å². The van der Waals surface area contributed by atoms with Crippen molar-refractivity contribution >= 4 is 12.1 Å². The summed E-state index contributed by atoms with van der Waals surface area (Å²) in [7, 11) is 0. The highest BCUT2D eigenvalue weighted by Gasteiger charge is 2.20. The number of carboxylic acids is 1. The maximum absolute atomic E-state index is 11.0. The van der Waals surface area contributed by atoms with Gasteiger partial charge in [0, 0.05) is 0 Å². The zero-order chi connectivity index (χ0) is 10.6. The van der Waals surface area contributed by atoms with Gasteiger partial charge in [0.25, 0.3) is 0 Å². The van der Waals surface area contributed by atoms with E-state index in [-0.39, 0.29) is 5.48 Å². The normalized spacial score (nSPS) is 12.3. The van der Waals surface area contributed by atoms with E-state index >= 15 is 0 Å². The molecule has 0 heterocycles. The highest BCUT2D eigenvalue weighted by atomic mass is 16.6. The van der Waals surface area contributed by atoms with E-state index in [1.54, 1.807) is 20.8 Å². The van der Waals surface area contributed by atoms with Crippen molar-refractivity contribution in [3.05, 3.63) is 0 Å². The lowest BCUT2D eigenvalue weighted by Crippen LogP contribution is -2.41. The van der Waals surface area contributed by atoms with Gasteiger partial charge in [-0.3, -0.25) is 4.79 Å². The first-order valence-corrected chi connectivity index (χ1v) is 3.94. The molecule has 0 aromatic heterocycles. The molecule has 0 rings (SSSR count). The predicted molar refractivity (Wildman–Crippen MR) is 50.1 cm³/mol. The zero-order valence-corrected chi connectivity index (χ0v) is 8.75. The molecule has 1 unspecified atom stereocenters. The lowest BCUT2D eigenvalue weighted by Gasteiger charge is -2.20. The maximum Gasteiger partial charge on any atom is 0.408 e. The highest BCUT2D eigenvalue weighted by Crippen LogP contribution is 2.06. The summed E-state index contributed by atoms with van der Waals surface area (Å²) in [5.41, 5.74) is -0.609. The van der Waals surface area contributed by atoms with Gasteiger partial charge in [0.1, 0.15) is 11.6 Å². The van der Waals surface area contributed by atoms with E-state index in [0.717, 1.165) is 0 Å². The highest BCUT2D eigenvalue weighted by molar-refractivity contribution is 5.79. The Balaban J connectivity index is 0. The third-order valence-electron chi connectivity index (χ3n) is 1.10. The van der Waals surface area contributed by atoms with Gasteiger partial charge >= 0.3 is 12.1 Å². The number of nitrogens with one attached hydrogen (secondary N) is 1. The van der Waals surface area contributed by atoms with Crippen molar-refractivity contribution in [2.75, 3.05) is 0 Å². The molecular formula is C8H17NO5. The van der Waals surface area contributed by atoms with Gasteiger partial charge in [-0.2, -0.15) is 0 Å². The summed E-state index contributed by atoms with van der Waals surface area (Å²) in [4.78, 5) is 21.3. The van der Waals surface area contributed by atoms with Crippen molar-refractivity contribution in [3.8, 4) is 0 Å². The van der Waals surface area contributed by atoms with Crippen LogP contribution in [0.3, 0.4) is 0 Å². The second-order valence-corrected chi connectivity index (χ2v) is 3.71. The Morgan fingerprint density at radius 3 is 2.07 bits per heavy atom. The molecular weight excluding hydrogens is 190 g/mol. The fraction of sp³-hybridized carbons (Fsp3) is 0.750. The van der Waals surface area contributed by atoms with E-state index in [0.29, 0.717) is 0 Å². The Labute approximate surface area is 82.6 Å². The quantitative estimate of drug-likeness (QED) is 0.672. The molecule has 4 N–H and O–H groups in total. The van der Waals surface area contributed by atoms with Crippen molar-refractivity contribution in [1.82, 2.24) is 5.32 Å². The first kappa shape index (κ1) is 15.2. The maximum atomic E-state index is 11.0. The topological polar surface area (TPSA) is 107 Å². The van der Waals surface area contributed by atoms with E-state index in [1.165, 1.54) is 6.92 Å². The Kier molecular flexibility index (Phi) is 5.89. The predicted octanol–water partition coefficient (Wildman–Crippen LogP) is 0.160. The molecule has 0 aromatic rings. The standard InChI is InChI=1S/C8H15NO4.H2O/c1-5(6(10)11)9-7(12)13-8(2,3)4;/h5H,1-4H3,(H,9,12)(H,10,11);1H2. The molecule has 0 aromatic carbocycles.